The third kappa shape index (κ3) is 3.08. The van der Waals surface area contributed by atoms with Crippen LogP contribution in [0.5, 0.6) is 0 Å². The summed E-state index contributed by atoms with van der Waals surface area (Å²) in [7, 11) is 0. The molecule has 1 aromatic heterocycles. The molecule has 2 bridgehead atoms. The SMILES string of the molecule is CCCN1C[C@@H]2CC[C@H]1CN(C(=O)c1ccc3c(ccn3CC)c1)C2. The zero-order valence-electron chi connectivity index (χ0n) is 15.4. The van der Waals surface area contributed by atoms with E-state index in [1.165, 1.54) is 37.9 Å². The summed E-state index contributed by atoms with van der Waals surface area (Å²) < 4.78 is 2.22. The molecule has 3 saturated heterocycles. The van der Waals surface area contributed by atoms with Crippen molar-refractivity contribution < 1.29 is 4.79 Å². The third-order valence-electron chi connectivity index (χ3n) is 5.98. The van der Waals surface area contributed by atoms with Gasteiger partial charge in [0, 0.05) is 54.9 Å². The van der Waals surface area contributed by atoms with Crippen molar-refractivity contribution in [3.8, 4) is 0 Å². The average molecular weight is 339 g/mol. The number of aromatic nitrogens is 1. The van der Waals surface area contributed by atoms with Crippen LogP contribution in [0.3, 0.4) is 0 Å². The van der Waals surface area contributed by atoms with Gasteiger partial charge in [0.2, 0.25) is 0 Å². The highest BCUT2D eigenvalue weighted by molar-refractivity contribution is 5.98. The second-order valence-electron chi connectivity index (χ2n) is 7.68. The molecular formula is C21H29N3O. The number of aryl methyl sites for hydroxylation is 1. The lowest BCUT2D eigenvalue weighted by Crippen LogP contribution is -2.44. The molecule has 3 fully saturated rings. The van der Waals surface area contributed by atoms with E-state index in [-0.39, 0.29) is 5.91 Å². The van der Waals surface area contributed by atoms with Gasteiger partial charge in [0.05, 0.1) is 0 Å². The van der Waals surface area contributed by atoms with E-state index in [0.717, 1.165) is 30.6 Å². The molecule has 4 nitrogen and oxygen atoms in total. The topological polar surface area (TPSA) is 28.5 Å². The van der Waals surface area contributed by atoms with Crippen LogP contribution >= 0.6 is 0 Å². The van der Waals surface area contributed by atoms with Gasteiger partial charge in [-0.05, 0) is 62.9 Å². The van der Waals surface area contributed by atoms with Crippen LogP contribution in [-0.4, -0.2) is 52.5 Å². The van der Waals surface area contributed by atoms with Gasteiger partial charge in [0.1, 0.15) is 0 Å². The molecule has 0 spiro atoms. The lowest BCUT2D eigenvalue weighted by molar-refractivity contribution is 0.0738. The number of benzene rings is 1. The molecule has 5 rings (SSSR count). The van der Waals surface area contributed by atoms with E-state index in [1.54, 1.807) is 0 Å². The Hall–Kier alpha value is -1.81. The highest BCUT2D eigenvalue weighted by Crippen LogP contribution is 2.29. The summed E-state index contributed by atoms with van der Waals surface area (Å²) in [6.45, 7) is 9.50. The summed E-state index contributed by atoms with van der Waals surface area (Å²) in [6, 6.07) is 8.84. The molecule has 1 aromatic carbocycles. The van der Waals surface area contributed by atoms with E-state index in [2.05, 4.69) is 52.6 Å². The van der Waals surface area contributed by atoms with Gasteiger partial charge in [-0.3, -0.25) is 9.69 Å². The first kappa shape index (κ1) is 16.6. The van der Waals surface area contributed by atoms with Crippen molar-refractivity contribution in [2.75, 3.05) is 26.2 Å². The van der Waals surface area contributed by atoms with Crippen molar-refractivity contribution in [2.45, 2.75) is 45.7 Å². The first-order chi connectivity index (χ1) is 12.2. The molecular weight excluding hydrogens is 310 g/mol. The molecule has 0 N–H and O–H groups in total. The molecule has 3 aliphatic rings. The first-order valence-corrected chi connectivity index (χ1v) is 9.81. The van der Waals surface area contributed by atoms with Crippen molar-refractivity contribution in [3.05, 3.63) is 36.0 Å². The van der Waals surface area contributed by atoms with Crippen molar-refractivity contribution in [3.63, 3.8) is 0 Å². The van der Waals surface area contributed by atoms with Crippen molar-refractivity contribution in [1.82, 2.24) is 14.4 Å². The molecule has 3 aliphatic heterocycles. The number of carbonyl (C=O) groups excluding carboxylic acids is 1. The summed E-state index contributed by atoms with van der Waals surface area (Å²) in [5.41, 5.74) is 2.05. The minimum Gasteiger partial charge on any atom is -0.348 e. The standard InChI is InChI=1S/C21H29N3O/c1-3-10-23-13-16-5-7-19(23)15-24(14-16)21(25)18-6-8-20-17(12-18)9-11-22(20)4-2/h6,8-9,11-12,16,19H,3-5,7,10,13-15H2,1-2H3/t16-,19-/m0/s1. The van der Waals surface area contributed by atoms with E-state index in [9.17, 15) is 4.79 Å². The molecule has 2 aromatic rings. The smallest absolute Gasteiger partial charge is 0.253 e. The average Bonchev–Trinajstić information content (AvgIpc) is 2.82. The molecule has 2 atom stereocenters. The normalized spacial score (nSPS) is 24.0. The largest absolute Gasteiger partial charge is 0.348 e. The quantitative estimate of drug-likeness (QED) is 0.851. The number of rotatable bonds is 4. The molecule has 134 valence electrons. The summed E-state index contributed by atoms with van der Waals surface area (Å²) in [5.74, 6) is 0.848. The summed E-state index contributed by atoms with van der Waals surface area (Å²) >= 11 is 0. The molecule has 4 heterocycles. The fraction of sp³-hybridized carbons (Fsp3) is 0.571. The first-order valence-electron chi connectivity index (χ1n) is 9.81. The second-order valence-corrected chi connectivity index (χ2v) is 7.68. The Morgan fingerprint density at radius 1 is 1.12 bits per heavy atom. The number of hydrogen-bond donors (Lipinski definition) is 0. The Morgan fingerprint density at radius 2 is 2.00 bits per heavy atom. The Kier molecular flexibility index (Phi) is 4.55. The Labute approximate surface area is 150 Å². The van der Waals surface area contributed by atoms with Gasteiger partial charge in [-0.25, -0.2) is 0 Å². The van der Waals surface area contributed by atoms with E-state index in [1.807, 2.05) is 6.07 Å². The number of fused-ring (bicyclic) bond motifs is 5. The molecule has 0 radical (unpaired) electrons. The maximum Gasteiger partial charge on any atom is 0.253 e. The van der Waals surface area contributed by atoms with Crippen molar-refractivity contribution in [2.24, 2.45) is 5.92 Å². The zero-order chi connectivity index (χ0) is 17.4. The van der Waals surface area contributed by atoms with Crippen LogP contribution in [0.4, 0.5) is 0 Å². The molecule has 0 saturated carbocycles. The predicted molar refractivity (Wildman–Crippen MR) is 102 cm³/mol. The zero-order valence-corrected chi connectivity index (χ0v) is 15.4. The van der Waals surface area contributed by atoms with Gasteiger partial charge < -0.3 is 9.47 Å². The molecule has 0 aliphatic carbocycles. The summed E-state index contributed by atoms with van der Waals surface area (Å²) in [6.07, 6.45) is 5.82. The lowest BCUT2D eigenvalue weighted by Gasteiger charge is -2.35. The highest BCUT2D eigenvalue weighted by Gasteiger charge is 2.36. The lowest BCUT2D eigenvalue weighted by atomic mass is 9.95. The Morgan fingerprint density at radius 3 is 2.80 bits per heavy atom. The number of carbonyl (C=O) groups is 1. The van der Waals surface area contributed by atoms with Crippen molar-refractivity contribution >= 4 is 16.8 Å². The minimum atomic E-state index is 0.210. The fourth-order valence-corrected chi connectivity index (χ4v) is 4.70. The number of nitrogens with zero attached hydrogens (tertiary/aromatic N) is 3. The van der Waals surface area contributed by atoms with Gasteiger partial charge in [-0.2, -0.15) is 0 Å². The van der Waals surface area contributed by atoms with Gasteiger partial charge in [0.15, 0.2) is 0 Å². The van der Waals surface area contributed by atoms with Crippen molar-refractivity contribution in [1.29, 1.82) is 0 Å². The summed E-state index contributed by atoms with van der Waals surface area (Å²) in [5, 5.41) is 1.16. The molecule has 0 unspecified atom stereocenters. The van der Waals surface area contributed by atoms with Crippen LogP contribution in [0.2, 0.25) is 0 Å². The monoisotopic (exact) mass is 339 g/mol. The van der Waals surface area contributed by atoms with Crippen LogP contribution in [0.1, 0.15) is 43.5 Å². The minimum absolute atomic E-state index is 0.210. The number of piperidine rings is 1. The third-order valence-corrected chi connectivity index (χ3v) is 5.98. The Bertz CT molecular complexity index is 766. The van der Waals surface area contributed by atoms with Gasteiger partial charge in [-0.1, -0.05) is 6.92 Å². The Balaban J connectivity index is 1.56. The van der Waals surface area contributed by atoms with Crippen LogP contribution in [0.15, 0.2) is 30.5 Å². The van der Waals surface area contributed by atoms with E-state index >= 15 is 0 Å². The van der Waals surface area contributed by atoms with Crippen LogP contribution in [0.25, 0.3) is 10.9 Å². The molecule has 1 amide bonds. The summed E-state index contributed by atoms with van der Waals surface area (Å²) in [4.78, 5) is 17.9. The van der Waals surface area contributed by atoms with E-state index in [0.29, 0.717) is 12.0 Å². The maximum absolute atomic E-state index is 13.2. The highest BCUT2D eigenvalue weighted by atomic mass is 16.2. The fourth-order valence-electron chi connectivity index (χ4n) is 4.70. The van der Waals surface area contributed by atoms with E-state index in [4.69, 9.17) is 0 Å². The predicted octanol–water partition coefficient (Wildman–Crippen LogP) is 3.61. The second kappa shape index (κ2) is 6.83. The van der Waals surface area contributed by atoms with Gasteiger partial charge in [-0.15, -0.1) is 0 Å². The number of hydrogen-bond acceptors (Lipinski definition) is 2. The van der Waals surface area contributed by atoms with Crippen LogP contribution in [-0.2, 0) is 6.54 Å². The molecule has 25 heavy (non-hydrogen) atoms. The van der Waals surface area contributed by atoms with Gasteiger partial charge >= 0.3 is 0 Å². The van der Waals surface area contributed by atoms with Crippen LogP contribution in [0, 0.1) is 5.92 Å². The number of amides is 1. The maximum atomic E-state index is 13.2. The van der Waals surface area contributed by atoms with Crippen LogP contribution < -0.4 is 0 Å². The molecule has 4 heteroatoms. The van der Waals surface area contributed by atoms with E-state index < -0.39 is 0 Å². The van der Waals surface area contributed by atoms with Gasteiger partial charge in [0.25, 0.3) is 5.91 Å².